The summed E-state index contributed by atoms with van der Waals surface area (Å²) < 4.78 is 6.97. The molecule has 5 rings (SSSR count). The number of aryl methyl sites for hydroxylation is 1. The third kappa shape index (κ3) is 6.88. The van der Waals surface area contributed by atoms with E-state index in [1.165, 1.54) is 0 Å². The Bertz CT molecular complexity index is 1510. The van der Waals surface area contributed by atoms with Gasteiger partial charge in [0.15, 0.2) is 0 Å². The number of hydrogen-bond donors (Lipinski definition) is 2. The summed E-state index contributed by atoms with van der Waals surface area (Å²) in [7, 11) is 3.37. The van der Waals surface area contributed by atoms with Gasteiger partial charge in [-0.3, -0.25) is 19.1 Å². The molecule has 11 nitrogen and oxygen atoms in total. The molecule has 1 aromatic heterocycles. The van der Waals surface area contributed by atoms with Gasteiger partial charge in [0, 0.05) is 69.4 Å². The van der Waals surface area contributed by atoms with Crippen LogP contribution in [0.4, 0.5) is 11.4 Å². The highest BCUT2D eigenvalue weighted by molar-refractivity contribution is 6.07. The minimum Gasteiger partial charge on any atom is -0.497 e. The van der Waals surface area contributed by atoms with Crippen LogP contribution < -0.4 is 20.3 Å². The molecule has 0 bridgehead atoms. The van der Waals surface area contributed by atoms with Gasteiger partial charge in [-0.25, -0.2) is 0 Å². The lowest BCUT2D eigenvalue weighted by molar-refractivity contribution is 0.0733. The van der Waals surface area contributed by atoms with Gasteiger partial charge in [-0.1, -0.05) is 26.8 Å². The Kier molecular flexibility index (Phi) is 9.24. The summed E-state index contributed by atoms with van der Waals surface area (Å²) >= 11 is 0. The van der Waals surface area contributed by atoms with Gasteiger partial charge in [0.25, 0.3) is 17.7 Å². The average Bonchev–Trinajstić information content (AvgIpc) is 3.23. The monoisotopic (exact) mass is 601 g/mol. The molecular formula is C33H43N7O4. The van der Waals surface area contributed by atoms with Gasteiger partial charge in [0.2, 0.25) is 0 Å². The molecule has 3 amide bonds. The van der Waals surface area contributed by atoms with Crippen LogP contribution in [-0.4, -0.2) is 96.8 Å². The van der Waals surface area contributed by atoms with Crippen molar-refractivity contribution < 1.29 is 19.1 Å². The van der Waals surface area contributed by atoms with Crippen molar-refractivity contribution >= 4 is 29.1 Å². The van der Waals surface area contributed by atoms with Gasteiger partial charge in [-0.05, 0) is 55.4 Å². The zero-order chi connectivity index (χ0) is 31.4. The second-order valence-electron chi connectivity index (χ2n) is 12.4. The van der Waals surface area contributed by atoms with Crippen LogP contribution in [0, 0.1) is 0 Å². The minimum atomic E-state index is -0.298. The maximum atomic E-state index is 13.5. The van der Waals surface area contributed by atoms with Gasteiger partial charge in [0.05, 0.1) is 24.2 Å². The first-order chi connectivity index (χ1) is 21.0. The number of rotatable bonds is 6. The maximum Gasteiger partial charge on any atom is 0.272 e. The molecule has 2 aliphatic heterocycles. The molecule has 2 N–H and O–H groups in total. The van der Waals surface area contributed by atoms with E-state index < -0.39 is 0 Å². The van der Waals surface area contributed by atoms with Crippen LogP contribution in [0.2, 0.25) is 0 Å². The highest BCUT2D eigenvalue weighted by Crippen LogP contribution is 2.30. The summed E-state index contributed by atoms with van der Waals surface area (Å²) in [6.07, 6.45) is 0.891. The average molecular weight is 602 g/mol. The Morgan fingerprint density at radius 3 is 2.32 bits per heavy atom. The molecule has 0 unspecified atom stereocenters. The van der Waals surface area contributed by atoms with Gasteiger partial charge in [-0.2, -0.15) is 5.10 Å². The summed E-state index contributed by atoms with van der Waals surface area (Å²) in [5.41, 5.74) is 3.63. The first-order valence-corrected chi connectivity index (χ1v) is 15.2. The van der Waals surface area contributed by atoms with Crippen molar-refractivity contribution in [2.45, 2.75) is 32.6 Å². The van der Waals surface area contributed by atoms with Crippen LogP contribution in [0.25, 0.3) is 0 Å². The van der Waals surface area contributed by atoms with E-state index in [1.807, 2.05) is 28.0 Å². The normalized spacial score (nSPS) is 16.0. The van der Waals surface area contributed by atoms with Gasteiger partial charge < -0.3 is 30.1 Å². The fourth-order valence-corrected chi connectivity index (χ4v) is 5.58. The Morgan fingerprint density at radius 1 is 0.864 bits per heavy atom. The van der Waals surface area contributed by atoms with Crippen LogP contribution in [-0.2, 0) is 12.5 Å². The molecule has 2 aromatic carbocycles. The lowest BCUT2D eigenvalue weighted by atomic mass is 9.92. The van der Waals surface area contributed by atoms with Gasteiger partial charge >= 0.3 is 0 Å². The molecule has 3 aromatic rings. The highest BCUT2D eigenvalue weighted by atomic mass is 16.5. The molecule has 0 aliphatic carbocycles. The SMILES string of the molecule is COc1cccc(C(=O)Nc2cc(C(=O)N3CCCNCC3)ccc2N2CCN(C(=O)c3cc(C(C)(C)C)nn3C)CC2)c1. The number of ether oxygens (including phenoxy) is 1. The van der Waals surface area contributed by atoms with E-state index in [0.717, 1.165) is 30.9 Å². The highest BCUT2D eigenvalue weighted by Gasteiger charge is 2.29. The lowest BCUT2D eigenvalue weighted by Crippen LogP contribution is -2.49. The smallest absolute Gasteiger partial charge is 0.272 e. The van der Waals surface area contributed by atoms with Crippen LogP contribution in [0.1, 0.15) is 64.1 Å². The number of carbonyl (C=O) groups is 3. The molecule has 11 heteroatoms. The second kappa shape index (κ2) is 13.1. The molecule has 0 spiro atoms. The standard InChI is InChI=1S/C33H43N7O4/c1-33(2,3)29-22-28(37(4)36-29)32(43)40-18-16-38(17-19-40)27-11-10-24(31(42)39-14-7-12-34-13-15-39)21-26(27)35-30(41)23-8-6-9-25(20-23)44-5/h6,8-11,20-22,34H,7,12-19H2,1-5H3,(H,35,41). The molecule has 234 valence electrons. The zero-order valence-electron chi connectivity index (χ0n) is 26.4. The van der Waals surface area contributed by atoms with Crippen molar-refractivity contribution in [1.82, 2.24) is 24.9 Å². The van der Waals surface area contributed by atoms with Crippen LogP contribution in [0.5, 0.6) is 5.75 Å². The number of amides is 3. The molecule has 3 heterocycles. The molecule has 0 radical (unpaired) electrons. The fourth-order valence-electron chi connectivity index (χ4n) is 5.58. The van der Waals surface area contributed by atoms with E-state index in [9.17, 15) is 14.4 Å². The molecule has 0 atom stereocenters. The third-order valence-electron chi connectivity index (χ3n) is 8.23. The second-order valence-corrected chi connectivity index (χ2v) is 12.4. The number of carbonyl (C=O) groups excluding carboxylic acids is 3. The van der Waals surface area contributed by atoms with E-state index in [-0.39, 0.29) is 23.1 Å². The van der Waals surface area contributed by atoms with E-state index in [0.29, 0.717) is 67.5 Å². The van der Waals surface area contributed by atoms with Gasteiger partial charge in [0.1, 0.15) is 11.4 Å². The van der Waals surface area contributed by atoms with E-state index in [4.69, 9.17) is 4.74 Å². The summed E-state index contributed by atoms with van der Waals surface area (Å²) in [6.45, 7) is 11.4. The number of nitrogens with zero attached hydrogens (tertiary/aromatic N) is 5. The Hall–Kier alpha value is -4.38. The fraction of sp³-hybridized carbons (Fsp3) is 0.455. The molecular weight excluding hydrogens is 558 g/mol. The summed E-state index contributed by atoms with van der Waals surface area (Å²) in [5.74, 6) is 0.182. The Balaban J connectivity index is 1.37. The molecule has 44 heavy (non-hydrogen) atoms. The minimum absolute atomic E-state index is 0.0467. The third-order valence-corrected chi connectivity index (χ3v) is 8.23. The first-order valence-electron chi connectivity index (χ1n) is 15.2. The van der Waals surface area contributed by atoms with E-state index in [2.05, 4.69) is 41.4 Å². The summed E-state index contributed by atoms with van der Waals surface area (Å²) in [4.78, 5) is 46.2. The quantitative estimate of drug-likeness (QED) is 0.446. The Labute approximate surface area is 259 Å². The number of methoxy groups -OCH3 is 1. The molecule has 2 saturated heterocycles. The van der Waals surface area contributed by atoms with Crippen molar-refractivity contribution in [3.05, 3.63) is 71.0 Å². The van der Waals surface area contributed by atoms with Gasteiger partial charge in [-0.15, -0.1) is 0 Å². The number of nitrogens with one attached hydrogen (secondary N) is 2. The zero-order valence-corrected chi connectivity index (χ0v) is 26.4. The van der Waals surface area contributed by atoms with E-state index in [1.54, 1.807) is 49.2 Å². The van der Waals surface area contributed by atoms with Crippen molar-refractivity contribution in [3.63, 3.8) is 0 Å². The maximum absolute atomic E-state index is 13.5. The van der Waals surface area contributed by atoms with E-state index >= 15 is 0 Å². The molecule has 2 aliphatic rings. The Morgan fingerprint density at radius 2 is 1.61 bits per heavy atom. The van der Waals surface area contributed by atoms with Crippen molar-refractivity contribution in [1.29, 1.82) is 0 Å². The number of benzene rings is 2. The van der Waals surface area contributed by atoms with Crippen molar-refractivity contribution in [2.75, 3.05) is 69.7 Å². The molecule has 2 fully saturated rings. The number of hydrogen-bond acceptors (Lipinski definition) is 7. The van der Waals surface area contributed by atoms with Crippen LogP contribution in [0.3, 0.4) is 0 Å². The first kappa shape index (κ1) is 31.1. The largest absolute Gasteiger partial charge is 0.497 e. The predicted molar refractivity (Wildman–Crippen MR) is 171 cm³/mol. The van der Waals surface area contributed by atoms with Crippen molar-refractivity contribution in [3.8, 4) is 5.75 Å². The van der Waals surface area contributed by atoms with Crippen LogP contribution >= 0.6 is 0 Å². The summed E-state index contributed by atoms with van der Waals surface area (Å²) in [6, 6.07) is 14.4. The lowest BCUT2D eigenvalue weighted by Gasteiger charge is -2.37. The number of piperazine rings is 1. The van der Waals surface area contributed by atoms with Crippen molar-refractivity contribution in [2.24, 2.45) is 7.05 Å². The number of aromatic nitrogens is 2. The summed E-state index contributed by atoms with van der Waals surface area (Å²) in [5, 5.41) is 11.0. The van der Waals surface area contributed by atoms with Crippen LogP contribution in [0.15, 0.2) is 48.5 Å². The predicted octanol–water partition coefficient (Wildman–Crippen LogP) is 3.38. The number of anilines is 2. The molecule has 0 saturated carbocycles. The topological polar surface area (TPSA) is 112 Å².